The molecule has 0 saturated heterocycles. The van der Waals surface area contributed by atoms with Crippen LogP contribution in [0.2, 0.25) is 0 Å². The zero-order valence-corrected chi connectivity index (χ0v) is 18.0. The van der Waals surface area contributed by atoms with Gasteiger partial charge in [0.1, 0.15) is 0 Å². The molecular formula is C21H23BrN4O2. The van der Waals surface area contributed by atoms with Crippen molar-refractivity contribution in [1.82, 2.24) is 19.7 Å². The summed E-state index contributed by atoms with van der Waals surface area (Å²) in [7, 11) is 0. The van der Waals surface area contributed by atoms with Crippen molar-refractivity contribution >= 4 is 39.0 Å². The minimum Gasteiger partial charge on any atom is -0.463 e. The second kappa shape index (κ2) is 8.65. The highest BCUT2D eigenvalue weighted by molar-refractivity contribution is 9.10. The van der Waals surface area contributed by atoms with Gasteiger partial charge in [-0.2, -0.15) is 5.10 Å². The molecule has 0 atom stereocenters. The average Bonchev–Trinajstić information content (AvgIpc) is 3.08. The number of fused-ring (bicyclic) bond motifs is 1. The quantitative estimate of drug-likeness (QED) is 0.397. The molecule has 3 aromatic heterocycles. The largest absolute Gasteiger partial charge is 0.463 e. The van der Waals surface area contributed by atoms with Crippen LogP contribution in [-0.2, 0) is 16.1 Å². The number of aryl methyl sites for hydroxylation is 1. The molecule has 0 aliphatic rings. The molecule has 0 fully saturated rings. The Kier molecular flexibility index (Phi) is 6.24. The minimum atomic E-state index is -0.375. The van der Waals surface area contributed by atoms with Gasteiger partial charge in [0.05, 0.1) is 18.5 Å². The van der Waals surface area contributed by atoms with Gasteiger partial charge < -0.3 is 4.74 Å². The highest BCUT2D eigenvalue weighted by Crippen LogP contribution is 2.37. The summed E-state index contributed by atoms with van der Waals surface area (Å²) in [5.41, 5.74) is 4.50. The number of carbonyl (C=O) groups is 1. The van der Waals surface area contributed by atoms with Crippen LogP contribution in [0.3, 0.4) is 0 Å². The smallest absolute Gasteiger partial charge is 0.330 e. The summed E-state index contributed by atoms with van der Waals surface area (Å²) in [6.45, 7) is 9.07. The molecule has 7 heteroatoms. The number of aromatic nitrogens is 4. The second-order valence-corrected chi connectivity index (χ2v) is 7.53. The van der Waals surface area contributed by atoms with Crippen LogP contribution in [0.1, 0.15) is 44.9 Å². The number of pyridine rings is 2. The number of hydrogen-bond acceptors (Lipinski definition) is 5. The normalized spacial score (nSPS) is 11.6. The van der Waals surface area contributed by atoms with E-state index >= 15 is 0 Å². The van der Waals surface area contributed by atoms with Crippen LogP contribution < -0.4 is 0 Å². The third-order valence-electron chi connectivity index (χ3n) is 4.37. The SMILES string of the molecule is CCOC(=O)C=Cc1c(C(C)C)nc2c(cnn2CC)c1-c1cncc(Br)c1. The average molecular weight is 443 g/mol. The van der Waals surface area contributed by atoms with E-state index in [4.69, 9.17) is 9.72 Å². The maximum Gasteiger partial charge on any atom is 0.330 e. The fraction of sp³-hybridized carbons (Fsp3) is 0.333. The first-order valence-electron chi connectivity index (χ1n) is 9.31. The summed E-state index contributed by atoms with van der Waals surface area (Å²) in [6.07, 6.45) is 8.63. The highest BCUT2D eigenvalue weighted by Gasteiger charge is 2.20. The van der Waals surface area contributed by atoms with Gasteiger partial charge in [0.25, 0.3) is 0 Å². The predicted molar refractivity (Wildman–Crippen MR) is 114 cm³/mol. The van der Waals surface area contributed by atoms with Gasteiger partial charge in [-0.1, -0.05) is 13.8 Å². The van der Waals surface area contributed by atoms with Gasteiger partial charge in [-0.15, -0.1) is 0 Å². The Hall–Kier alpha value is -2.54. The van der Waals surface area contributed by atoms with Crippen LogP contribution in [0, 0.1) is 0 Å². The van der Waals surface area contributed by atoms with Crippen molar-refractivity contribution < 1.29 is 9.53 Å². The number of rotatable bonds is 6. The minimum absolute atomic E-state index is 0.158. The fourth-order valence-electron chi connectivity index (χ4n) is 3.16. The first-order valence-corrected chi connectivity index (χ1v) is 10.1. The Labute approximate surface area is 172 Å². The molecule has 0 spiro atoms. The maximum atomic E-state index is 11.9. The molecule has 3 aromatic rings. The Morgan fingerprint density at radius 3 is 2.71 bits per heavy atom. The van der Waals surface area contributed by atoms with Crippen molar-refractivity contribution in [3.05, 3.63) is 46.5 Å². The van der Waals surface area contributed by atoms with Gasteiger partial charge in [0, 0.05) is 51.6 Å². The zero-order chi connectivity index (χ0) is 20.3. The van der Waals surface area contributed by atoms with E-state index in [2.05, 4.69) is 39.9 Å². The molecule has 3 rings (SSSR count). The van der Waals surface area contributed by atoms with Crippen molar-refractivity contribution in [2.75, 3.05) is 6.61 Å². The molecule has 0 aromatic carbocycles. The van der Waals surface area contributed by atoms with Gasteiger partial charge in [0.2, 0.25) is 0 Å². The van der Waals surface area contributed by atoms with Gasteiger partial charge in [-0.25, -0.2) is 14.5 Å². The van der Waals surface area contributed by atoms with Crippen LogP contribution in [-0.4, -0.2) is 32.3 Å². The van der Waals surface area contributed by atoms with Crippen molar-refractivity contribution in [2.24, 2.45) is 0 Å². The highest BCUT2D eigenvalue weighted by atomic mass is 79.9. The van der Waals surface area contributed by atoms with Crippen LogP contribution in [0.5, 0.6) is 0 Å². The van der Waals surface area contributed by atoms with Gasteiger partial charge >= 0.3 is 5.97 Å². The standard InChI is InChI=1S/C21H23BrN4O2/c1-5-26-21-17(12-24-26)19(14-9-15(22)11-23-10-14)16(20(25-21)13(3)4)7-8-18(27)28-6-2/h7-13H,5-6H2,1-4H3. The van der Waals surface area contributed by atoms with E-state index in [0.29, 0.717) is 6.61 Å². The second-order valence-electron chi connectivity index (χ2n) is 6.62. The third-order valence-corrected chi connectivity index (χ3v) is 4.80. The monoisotopic (exact) mass is 442 g/mol. The number of halogens is 1. The third kappa shape index (κ3) is 3.99. The number of esters is 1. The number of carbonyl (C=O) groups excluding carboxylic acids is 1. The molecule has 0 radical (unpaired) electrons. The van der Waals surface area contributed by atoms with Crippen LogP contribution >= 0.6 is 15.9 Å². The molecule has 0 bridgehead atoms. The van der Waals surface area contributed by atoms with Crippen LogP contribution in [0.4, 0.5) is 0 Å². The molecule has 0 N–H and O–H groups in total. The molecule has 6 nitrogen and oxygen atoms in total. The summed E-state index contributed by atoms with van der Waals surface area (Å²) < 4.78 is 7.82. The summed E-state index contributed by atoms with van der Waals surface area (Å²) in [4.78, 5) is 21.2. The van der Waals surface area contributed by atoms with Crippen molar-refractivity contribution in [3.63, 3.8) is 0 Å². The van der Waals surface area contributed by atoms with Crippen molar-refractivity contribution in [2.45, 2.75) is 40.2 Å². The van der Waals surface area contributed by atoms with E-state index in [9.17, 15) is 4.79 Å². The summed E-state index contributed by atoms with van der Waals surface area (Å²) in [6, 6.07) is 2.01. The Morgan fingerprint density at radius 2 is 2.07 bits per heavy atom. The van der Waals surface area contributed by atoms with Gasteiger partial charge in [-0.3, -0.25) is 4.98 Å². The van der Waals surface area contributed by atoms with E-state index in [0.717, 1.165) is 44.4 Å². The molecule has 28 heavy (non-hydrogen) atoms. The lowest BCUT2D eigenvalue weighted by molar-refractivity contribution is -0.137. The molecule has 0 aliphatic heterocycles. The van der Waals surface area contributed by atoms with Crippen LogP contribution in [0.25, 0.3) is 28.2 Å². The fourth-order valence-corrected chi connectivity index (χ4v) is 3.53. The van der Waals surface area contributed by atoms with Crippen molar-refractivity contribution in [3.8, 4) is 11.1 Å². The number of nitrogens with zero attached hydrogens (tertiary/aromatic N) is 4. The molecule has 0 amide bonds. The maximum absolute atomic E-state index is 11.9. The molecule has 146 valence electrons. The lowest BCUT2D eigenvalue weighted by Crippen LogP contribution is -2.05. The van der Waals surface area contributed by atoms with E-state index in [1.165, 1.54) is 6.08 Å². The van der Waals surface area contributed by atoms with Gasteiger partial charge in [-0.05, 0) is 47.8 Å². The Bertz CT molecular complexity index is 1040. The number of hydrogen-bond donors (Lipinski definition) is 0. The lowest BCUT2D eigenvalue weighted by Gasteiger charge is -2.16. The van der Waals surface area contributed by atoms with Gasteiger partial charge in [0.15, 0.2) is 5.65 Å². The molecule has 0 aliphatic carbocycles. The van der Waals surface area contributed by atoms with E-state index < -0.39 is 0 Å². The van der Waals surface area contributed by atoms with E-state index in [1.807, 2.05) is 30.1 Å². The number of ether oxygens (including phenoxy) is 1. The lowest BCUT2D eigenvalue weighted by atomic mass is 9.93. The summed E-state index contributed by atoms with van der Waals surface area (Å²) >= 11 is 3.51. The summed E-state index contributed by atoms with van der Waals surface area (Å²) in [5, 5.41) is 5.42. The molecular weight excluding hydrogens is 420 g/mol. The van der Waals surface area contributed by atoms with E-state index in [-0.39, 0.29) is 11.9 Å². The zero-order valence-electron chi connectivity index (χ0n) is 16.4. The first-order chi connectivity index (χ1) is 13.5. The van der Waals surface area contributed by atoms with E-state index in [1.54, 1.807) is 19.2 Å². The van der Waals surface area contributed by atoms with Crippen molar-refractivity contribution in [1.29, 1.82) is 0 Å². The Morgan fingerprint density at radius 1 is 1.29 bits per heavy atom. The predicted octanol–water partition coefficient (Wildman–Crippen LogP) is 4.98. The molecule has 0 unspecified atom stereocenters. The Balaban J connectivity index is 2.35. The first kappa shape index (κ1) is 20.2. The van der Waals surface area contributed by atoms with Crippen LogP contribution in [0.15, 0.2) is 35.2 Å². The molecule has 3 heterocycles. The summed E-state index contributed by atoms with van der Waals surface area (Å²) in [5.74, 6) is -0.217. The molecule has 0 saturated carbocycles. The topological polar surface area (TPSA) is 69.9 Å².